The number of aromatic amines is 1. The first-order valence-corrected chi connectivity index (χ1v) is 8.57. The lowest BCUT2D eigenvalue weighted by Crippen LogP contribution is -2.31. The van der Waals surface area contributed by atoms with Crippen LogP contribution >= 0.6 is 23.1 Å². The number of carboxylic acids is 1. The molecule has 7 heteroatoms. The number of carboxylic acid groups (broad SMARTS) is 1. The van der Waals surface area contributed by atoms with Crippen molar-refractivity contribution in [3.8, 4) is 0 Å². The van der Waals surface area contributed by atoms with Crippen LogP contribution in [0.3, 0.4) is 0 Å². The van der Waals surface area contributed by atoms with Crippen LogP contribution in [0.2, 0.25) is 0 Å². The first kappa shape index (κ1) is 14.6. The van der Waals surface area contributed by atoms with Crippen molar-refractivity contribution in [2.24, 2.45) is 5.92 Å². The lowest BCUT2D eigenvalue weighted by molar-refractivity contribution is -0.304. The van der Waals surface area contributed by atoms with Crippen LogP contribution < -0.4 is 10.7 Å². The maximum absolute atomic E-state index is 12.3. The van der Waals surface area contributed by atoms with Gasteiger partial charge in [0.1, 0.15) is 4.83 Å². The van der Waals surface area contributed by atoms with Gasteiger partial charge in [0.05, 0.1) is 11.4 Å². The van der Waals surface area contributed by atoms with Crippen molar-refractivity contribution in [1.82, 2.24) is 9.97 Å². The SMILES string of the molecule is CC1CCc2c(sc3nc(SC(C)C(=O)[O-])[nH]c(=O)c23)C1. The van der Waals surface area contributed by atoms with Gasteiger partial charge in [0.2, 0.25) is 0 Å². The molecule has 3 rings (SSSR count). The molecule has 2 heterocycles. The zero-order valence-electron chi connectivity index (χ0n) is 11.8. The van der Waals surface area contributed by atoms with Crippen LogP contribution in [0, 0.1) is 5.92 Å². The molecule has 0 bridgehead atoms. The zero-order chi connectivity index (χ0) is 15.1. The van der Waals surface area contributed by atoms with E-state index in [1.807, 2.05) is 0 Å². The Morgan fingerprint density at radius 2 is 2.33 bits per heavy atom. The van der Waals surface area contributed by atoms with Crippen molar-refractivity contribution in [3.05, 3.63) is 20.8 Å². The molecule has 1 aliphatic carbocycles. The lowest BCUT2D eigenvalue weighted by atomic mass is 9.89. The van der Waals surface area contributed by atoms with Gasteiger partial charge in [-0.2, -0.15) is 0 Å². The summed E-state index contributed by atoms with van der Waals surface area (Å²) in [5, 5.41) is 11.1. The van der Waals surface area contributed by atoms with Gasteiger partial charge >= 0.3 is 0 Å². The molecule has 0 aromatic carbocycles. The molecule has 1 aliphatic rings. The Kier molecular flexibility index (Phi) is 3.79. The molecule has 2 aromatic heterocycles. The number of carbonyl (C=O) groups is 1. The summed E-state index contributed by atoms with van der Waals surface area (Å²) in [7, 11) is 0. The van der Waals surface area contributed by atoms with Crippen LogP contribution in [0.1, 0.15) is 30.7 Å². The number of H-pyrrole nitrogens is 1. The van der Waals surface area contributed by atoms with Gasteiger partial charge in [0, 0.05) is 10.1 Å². The highest BCUT2D eigenvalue weighted by atomic mass is 32.2. The molecule has 2 aromatic rings. The molecule has 1 N–H and O–H groups in total. The topological polar surface area (TPSA) is 85.9 Å². The van der Waals surface area contributed by atoms with Gasteiger partial charge in [-0.25, -0.2) is 4.98 Å². The third-order valence-corrected chi connectivity index (χ3v) is 5.87. The molecule has 0 saturated carbocycles. The van der Waals surface area contributed by atoms with Crippen molar-refractivity contribution in [2.45, 2.75) is 43.5 Å². The lowest BCUT2D eigenvalue weighted by Gasteiger charge is -2.17. The molecule has 21 heavy (non-hydrogen) atoms. The highest BCUT2D eigenvalue weighted by molar-refractivity contribution is 8.00. The molecule has 2 atom stereocenters. The normalized spacial score (nSPS) is 19.4. The Morgan fingerprint density at radius 3 is 3.05 bits per heavy atom. The predicted molar refractivity (Wildman–Crippen MR) is 81.8 cm³/mol. The van der Waals surface area contributed by atoms with E-state index in [4.69, 9.17) is 0 Å². The predicted octanol–water partition coefficient (Wildman–Crippen LogP) is 1.34. The summed E-state index contributed by atoms with van der Waals surface area (Å²) in [5.41, 5.74) is 0.964. The largest absolute Gasteiger partial charge is 0.549 e. The summed E-state index contributed by atoms with van der Waals surface area (Å²) in [6.45, 7) is 3.74. The Bertz CT molecular complexity index is 765. The van der Waals surface area contributed by atoms with E-state index in [1.165, 1.54) is 11.8 Å². The van der Waals surface area contributed by atoms with Crippen molar-refractivity contribution in [1.29, 1.82) is 0 Å². The molecular formula is C14H15N2O3S2-. The average molecular weight is 323 g/mol. The molecule has 0 aliphatic heterocycles. The monoisotopic (exact) mass is 323 g/mol. The van der Waals surface area contributed by atoms with Crippen LogP contribution in [0.15, 0.2) is 9.95 Å². The minimum atomic E-state index is -1.16. The van der Waals surface area contributed by atoms with E-state index in [2.05, 4.69) is 16.9 Å². The number of fused-ring (bicyclic) bond motifs is 3. The second kappa shape index (κ2) is 5.46. The first-order chi connectivity index (χ1) is 9.95. The zero-order valence-corrected chi connectivity index (χ0v) is 13.4. The quantitative estimate of drug-likeness (QED) is 0.680. The van der Waals surface area contributed by atoms with E-state index in [-0.39, 0.29) is 5.56 Å². The van der Waals surface area contributed by atoms with Gasteiger partial charge in [-0.15, -0.1) is 11.3 Å². The number of thiophene rings is 1. The molecule has 0 saturated heterocycles. The summed E-state index contributed by atoms with van der Waals surface area (Å²) in [5.74, 6) is -0.529. The summed E-state index contributed by atoms with van der Waals surface area (Å²) in [6, 6.07) is 0. The van der Waals surface area contributed by atoms with Gasteiger partial charge in [0.15, 0.2) is 5.16 Å². The maximum atomic E-state index is 12.3. The van der Waals surface area contributed by atoms with Crippen LogP contribution in [-0.2, 0) is 17.6 Å². The molecule has 5 nitrogen and oxygen atoms in total. The number of aliphatic carboxylic acids is 1. The number of nitrogens with zero attached hydrogens (tertiary/aromatic N) is 1. The fraction of sp³-hybridized carbons (Fsp3) is 0.500. The van der Waals surface area contributed by atoms with Crippen LogP contribution in [0.5, 0.6) is 0 Å². The van der Waals surface area contributed by atoms with E-state index in [1.54, 1.807) is 11.3 Å². The van der Waals surface area contributed by atoms with E-state index >= 15 is 0 Å². The highest BCUT2D eigenvalue weighted by Crippen LogP contribution is 2.36. The summed E-state index contributed by atoms with van der Waals surface area (Å²) < 4.78 is 0. The van der Waals surface area contributed by atoms with Gasteiger partial charge in [-0.3, -0.25) is 4.79 Å². The molecule has 0 spiro atoms. The standard InChI is InChI=1S/C14H16N2O3S2/c1-6-3-4-8-9(5-6)21-12-10(8)11(17)15-14(16-12)20-7(2)13(18)19/h6-7H,3-5H2,1-2H3,(H,18,19)(H,15,16,17)/p-1. The van der Waals surface area contributed by atoms with E-state index in [0.29, 0.717) is 21.3 Å². The van der Waals surface area contributed by atoms with Gasteiger partial charge in [-0.1, -0.05) is 18.7 Å². The number of aryl methyl sites for hydroxylation is 1. The third-order valence-electron chi connectivity index (χ3n) is 3.76. The minimum absolute atomic E-state index is 0.167. The van der Waals surface area contributed by atoms with Gasteiger partial charge in [0.25, 0.3) is 5.56 Å². The Morgan fingerprint density at radius 1 is 1.57 bits per heavy atom. The number of carbonyl (C=O) groups excluding carboxylic acids is 1. The van der Waals surface area contributed by atoms with E-state index < -0.39 is 11.2 Å². The number of hydrogen-bond donors (Lipinski definition) is 1. The summed E-state index contributed by atoms with van der Waals surface area (Å²) in [4.78, 5) is 32.2. The van der Waals surface area contributed by atoms with Gasteiger partial charge in [-0.05, 0) is 37.7 Å². The fourth-order valence-electron chi connectivity index (χ4n) is 2.60. The molecule has 0 fully saturated rings. The number of hydrogen-bond acceptors (Lipinski definition) is 6. The summed E-state index contributed by atoms with van der Waals surface area (Å²) >= 11 is 2.56. The first-order valence-electron chi connectivity index (χ1n) is 6.87. The number of thioether (sulfide) groups is 1. The van der Waals surface area contributed by atoms with Gasteiger partial charge < -0.3 is 14.9 Å². The van der Waals surface area contributed by atoms with Crippen LogP contribution in [-0.4, -0.2) is 21.2 Å². The van der Waals surface area contributed by atoms with Crippen LogP contribution in [0.25, 0.3) is 10.2 Å². The van der Waals surface area contributed by atoms with Crippen molar-refractivity contribution in [2.75, 3.05) is 0 Å². The van der Waals surface area contributed by atoms with Crippen molar-refractivity contribution in [3.63, 3.8) is 0 Å². The molecule has 2 unspecified atom stereocenters. The Hall–Kier alpha value is -1.34. The van der Waals surface area contributed by atoms with Crippen LogP contribution in [0.4, 0.5) is 0 Å². The molecule has 0 amide bonds. The maximum Gasteiger partial charge on any atom is 0.260 e. The molecule has 0 radical (unpaired) electrons. The number of aromatic nitrogens is 2. The fourth-order valence-corrected chi connectivity index (χ4v) is 4.77. The second-order valence-corrected chi connectivity index (χ2v) is 7.90. The average Bonchev–Trinajstić information content (AvgIpc) is 2.75. The van der Waals surface area contributed by atoms with E-state index in [9.17, 15) is 14.7 Å². The molecular weight excluding hydrogens is 308 g/mol. The van der Waals surface area contributed by atoms with Crippen molar-refractivity contribution < 1.29 is 9.90 Å². The molecule has 112 valence electrons. The minimum Gasteiger partial charge on any atom is -0.549 e. The van der Waals surface area contributed by atoms with E-state index in [0.717, 1.165) is 36.6 Å². The smallest absolute Gasteiger partial charge is 0.260 e. The Balaban J connectivity index is 2.05. The second-order valence-electron chi connectivity index (χ2n) is 5.48. The third kappa shape index (κ3) is 2.72. The summed E-state index contributed by atoms with van der Waals surface area (Å²) in [6.07, 6.45) is 3.01. The highest BCUT2D eigenvalue weighted by Gasteiger charge is 2.23. The number of nitrogens with one attached hydrogen (secondary N) is 1. The number of rotatable bonds is 3. The van der Waals surface area contributed by atoms with Crippen molar-refractivity contribution >= 4 is 39.3 Å². The Labute approximate surface area is 129 Å².